The number of aryl methyl sites for hydroxylation is 2. The van der Waals surface area contributed by atoms with Crippen LogP contribution in [0, 0.1) is 13.8 Å². The molecule has 0 bridgehead atoms. The molecule has 0 saturated heterocycles. The van der Waals surface area contributed by atoms with E-state index in [4.69, 9.17) is 27.9 Å². The second-order valence-electron chi connectivity index (χ2n) is 5.71. The number of aromatic nitrogens is 1. The molecular weight excluding hydrogens is 391 g/mol. The van der Waals surface area contributed by atoms with Crippen LogP contribution in [0.3, 0.4) is 0 Å². The molecule has 0 aliphatic rings. The van der Waals surface area contributed by atoms with Crippen LogP contribution in [0.15, 0.2) is 42.5 Å². The minimum absolute atomic E-state index is 0.236. The van der Waals surface area contributed by atoms with E-state index >= 15 is 0 Å². The molecule has 0 atom stereocenters. The van der Waals surface area contributed by atoms with Gasteiger partial charge in [-0.3, -0.25) is 4.79 Å². The highest BCUT2D eigenvalue weighted by atomic mass is 35.5. The zero-order valence-corrected chi connectivity index (χ0v) is 16.5. The van der Waals surface area contributed by atoms with E-state index in [0.717, 1.165) is 10.8 Å². The summed E-state index contributed by atoms with van der Waals surface area (Å²) < 4.78 is 5.73. The fourth-order valence-electron chi connectivity index (χ4n) is 2.27. The highest BCUT2D eigenvalue weighted by Crippen LogP contribution is 2.26. The van der Waals surface area contributed by atoms with Crippen molar-refractivity contribution >= 4 is 46.1 Å². The van der Waals surface area contributed by atoms with Gasteiger partial charge in [0.1, 0.15) is 22.2 Å². The lowest BCUT2D eigenvalue weighted by Crippen LogP contribution is -2.11. The molecule has 0 aliphatic carbocycles. The van der Waals surface area contributed by atoms with Crippen molar-refractivity contribution in [2.24, 2.45) is 0 Å². The van der Waals surface area contributed by atoms with Gasteiger partial charge in [0.2, 0.25) is 0 Å². The van der Waals surface area contributed by atoms with Crippen LogP contribution in [0.4, 0.5) is 5.69 Å². The Morgan fingerprint density at radius 1 is 1.12 bits per heavy atom. The predicted octanol–water partition coefficient (Wildman–Crippen LogP) is 5.90. The van der Waals surface area contributed by atoms with Crippen LogP contribution in [0.5, 0.6) is 5.75 Å². The zero-order chi connectivity index (χ0) is 18.7. The maximum Gasteiger partial charge on any atom is 0.267 e. The third-order valence-electron chi connectivity index (χ3n) is 3.61. The van der Waals surface area contributed by atoms with E-state index in [2.05, 4.69) is 10.3 Å². The number of hydrogen-bond donors (Lipinski definition) is 1. The molecule has 0 aliphatic heterocycles. The molecule has 7 heteroatoms. The van der Waals surface area contributed by atoms with Gasteiger partial charge in [0, 0.05) is 5.69 Å². The Hall–Kier alpha value is -2.08. The van der Waals surface area contributed by atoms with Crippen molar-refractivity contribution in [3.05, 3.63) is 73.7 Å². The summed E-state index contributed by atoms with van der Waals surface area (Å²) in [5, 5.41) is 4.37. The van der Waals surface area contributed by atoms with Crippen LogP contribution >= 0.6 is 34.5 Å². The number of carbonyl (C=O) groups excluding carboxylic acids is 1. The molecule has 0 spiro atoms. The Kier molecular flexibility index (Phi) is 5.81. The highest BCUT2D eigenvalue weighted by molar-refractivity contribution is 7.13. The lowest BCUT2D eigenvalue weighted by molar-refractivity contribution is 0.103. The van der Waals surface area contributed by atoms with Crippen molar-refractivity contribution in [2.75, 3.05) is 5.32 Å². The number of thiazole rings is 1. The number of amides is 1. The van der Waals surface area contributed by atoms with Crippen molar-refractivity contribution in [1.29, 1.82) is 0 Å². The average molecular weight is 407 g/mol. The normalized spacial score (nSPS) is 10.6. The van der Waals surface area contributed by atoms with Gasteiger partial charge in [-0.05, 0) is 44.2 Å². The van der Waals surface area contributed by atoms with E-state index in [9.17, 15) is 4.79 Å². The first-order valence-electron chi connectivity index (χ1n) is 7.84. The maximum absolute atomic E-state index is 12.5. The first-order valence-corrected chi connectivity index (χ1v) is 9.42. The minimum Gasteiger partial charge on any atom is -0.486 e. The van der Waals surface area contributed by atoms with E-state index in [0.29, 0.717) is 32.9 Å². The van der Waals surface area contributed by atoms with E-state index in [-0.39, 0.29) is 5.91 Å². The van der Waals surface area contributed by atoms with Crippen LogP contribution in [0.25, 0.3) is 0 Å². The lowest BCUT2D eigenvalue weighted by Gasteiger charge is -2.05. The summed E-state index contributed by atoms with van der Waals surface area (Å²) in [5.74, 6) is 0.533. The van der Waals surface area contributed by atoms with Gasteiger partial charge in [-0.2, -0.15) is 0 Å². The molecule has 3 rings (SSSR count). The first-order chi connectivity index (χ1) is 12.4. The van der Waals surface area contributed by atoms with Crippen LogP contribution in [0.2, 0.25) is 10.0 Å². The number of carbonyl (C=O) groups is 1. The molecule has 0 radical (unpaired) electrons. The van der Waals surface area contributed by atoms with E-state index in [1.807, 2.05) is 31.2 Å². The van der Waals surface area contributed by atoms with Gasteiger partial charge in [0.25, 0.3) is 5.91 Å². The van der Waals surface area contributed by atoms with Crippen molar-refractivity contribution < 1.29 is 9.53 Å². The molecule has 4 nitrogen and oxygen atoms in total. The SMILES string of the molecule is Cc1ccc(OCc2nc(C)c(C(=O)Nc3ccc(Cl)c(Cl)c3)s2)cc1. The van der Waals surface area contributed by atoms with Crippen molar-refractivity contribution in [3.63, 3.8) is 0 Å². The van der Waals surface area contributed by atoms with Crippen LogP contribution in [0.1, 0.15) is 25.9 Å². The van der Waals surface area contributed by atoms with E-state index in [1.165, 1.54) is 16.9 Å². The standard InChI is InChI=1S/C19H16Cl2N2O2S/c1-11-3-6-14(7-4-11)25-10-17-22-12(2)18(26-17)19(24)23-13-5-8-15(20)16(21)9-13/h3-9H,10H2,1-2H3,(H,23,24). The van der Waals surface area contributed by atoms with Gasteiger partial charge in [0.15, 0.2) is 0 Å². The average Bonchev–Trinajstić information content (AvgIpc) is 2.98. The Balaban J connectivity index is 1.67. The molecule has 1 heterocycles. The number of anilines is 1. The number of benzene rings is 2. The minimum atomic E-state index is -0.236. The van der Waals surface area contributed by atoms with Crippen molar-refractivity contribution in [1.82, 2.24) is 4.98 Å². The Morgan fingerprint density at radius 3 is 2.54 bits per heavy atom. The molecule has 0 fully saturated rings. The molecular formula is C19H16Cl2N2O2S. The molecule has 2 aromatic carbocycles. The van der Waals surface area contributed by atoms with Crippen molar-refractivity contribution in [2.45, 2.75) is 20.5 Å². The van der Waals surface area contributed by atoms with Gasteiger partial charge in [-0.25, -0.2) is 4.98 Å². The molecule has 26 heavy (non-hydrogen) atoms. The number of nitrogens with zero attached hydrogens (tertiary/aromatic N) is 1. The van der Waals surface area contributed by atoms with E-state index < -0.39 is 0 Å². The smallest absolute Gasteiger partial charge is 0.267 e. The van der Waals surface area contributed by atoms with Gasteiger partial charge in [-0.1, -0.05) is 40.9 Å². The molecule has 3 aromatic rings. The third-order valence-corrected chi connectivity index (χ3v) is 5.48. The fraction of sp³-hybridized carbons (Fsp3) is 0.158. The molecule has 1 amide bonds. The number of halogens is 2. The lowest BCUT2D eigenvalue weighted by atomic mass is 10.2. The van der Waals surface area contributed by atoms with Crippen molar-refractivity contribution in [3.8, 4) is 5.75 Å². The summed E-state index contributed by atoms with van der Waals surface area (Å²) in [6.45, 7) is 4.14. The predicted molar refractivity (Wildman–Crippen MR) is 107 cm³/mol. The number of ether oxygens (including phenoxy) is 1. The molecule has 0 unspecified atom stereocenters. The Labute approximate surface area is 165 Å². The second-order valence-corrected chi connectivity index (χ2v) is 7.60. The summed E-state index contributed by atoms with van der Waals surface area (Å²) in [5.41, 5.74) is 2.41. The molecule has 1 N–H and O–H groups in total. The topological polar surface area (TPSA) is 51.2 Å². The summed E-state index contributed by atoms with van der Waals surface area (Å²) in [6, 6.07) is 12.7. The quantitative estimate of drug-likeness (QED) is 0.573. The monoisotopic (exact) mass is 406 g/mol. The zero-order valence-electron chi connectivity index (χ0n) is 14.2. The molecule has 1 aromatic heterocycles. The summed E-state index contributed by atoms with van der Waals surface area (Å²) in [4.78, 5) is 17.5. The van der Waals surface area contributed by atoms with Crippen LogP contribution in [-0.2, 0) is 6.61 Å². The van der Waals surface area contributed by atoms with Gasteiger partial charge >= 0.3 is 0 Å². The fourth-order valence-corrected chi connectivity index (χ4v) is 3.44. The largest absolute Gasteiger partial charge is 0.486 e. The molecule has 0 saturated carbocycles. The molecule has 134 valence electrons. The van der Waals surface area contributed by atoms with Crippen LogP contribution in [-0.4, -0.2) is 10.9 Å². The summed E-state index contributed by atoms with van der Waals surface area (Å²) in [6.07, 6.45) is 0. The summed E-state index contributed by atoms with van der Waals surface area (Å²) >= 11 is 13.2. The third kappa shape index (κ3) is 4.55. The summed E-state index contributed by atoms with van der Waals surface area (Å²) in [7, 11) is 0. The Bertz CT molecular complexity index is 939. The number of nitrogens with one attached hydrogen (secondary N) is 1. The maximum atomic E-state index is 12.5. The van der Waals surface area contributed by atoms with Gasteiger partial charge in [0.05, 0.1) is 15.7 Å². The second kappa shape index (κ2) is 8.08. The first kappa shape index (κ1) is 18.7. The number of hydrogen-bond acceptors (Lipinski definition) is 4. The highest BCUT2D eigenvalue weighted by Gasteiger charge is 2.16. The number of rotatable bonds is 5. The van der Waals surface area contributed by atoms with Gasteiger partial charge in [-0.15, -0.1) is 11.3 Å². The van der Waals surface area contributed by atoms with Gasteiger partial charge < -0.3 is 10.1 Å². The Morgan fingerprint density at radius 2 is 1.85 bits per heavy atom. The van der Waals surface area contributed by atoms with Crippen LogP contribution < -0.4 is 10.1 Å². The van der Waals surface area contributed by atoms with E-state index in [1.54, 1.807) is 25.1 Å².